The maximum absolute atomic E-state index is 12.0. The van der Waals surface area contributed by atoms with Crippen LogP contribution in [-0.4, -0.2) is 35.4 Å². The van der Waals surface area contributed by atoms with E-state index in [-0.39, 0.29) is 5.91 Å². The SMILES string of the molecule is Cc1cc(OCCOc2ccc(/C=C3\SC(=S)N(C)C3=O)cc2)ccc1Cl. The monoisotopic (exact) mass is 419 g/mol. The number of ether oxygens (including phenoxy) is 2. The minimum atomic E-state index is -0.0695. The van der Waals surface area contributed by atoms with Gasteiger partial charge in [-0.15, -0.1) is 0 Å². The van der Waals surface area contributed by atoms with Crippen molar-refractivity contribution in [3.63, 3.8) is 0 Å². The number of thiocarbonyl (C=S) groups is 1. The molecule has 0 atom stereocenters. The van der Waals surface area contributed by atoms with E-state index in [9.17, 15) is 4.79 Å². The van der Waals surface area contributed by atoms with Gasteiger partial charge in [-0.25, -0.2) is 0 Å². The highest BCUT2D eigenvalue weighted by atomic mass is 35.5. The Labute approximate surface area is 173 Å². The number of rotatable bonds is 6. The molecular weight excluding hydrogens is 402 g/mol. The van der Waals surface area contributed by atoms with Gasteiger partial charge in [-0.2, -0.15) is 0 Å². The summed E-state index contributed by atoms with van der Waals surface area (Å²) in [5.74, 6) is 1.44. The van der Waals surface area contributed by atoms with Crippen LogP contribution >= 0.6 is 35.6 Å². The van der Waals surface area contributed by atoms with Gasteiger partial charge in [0.1, 0.15) is 29.0 Å². The van der Waals surface area contributed by atoms with Crippen molar-refractivity contribution in [1.29, 1.82) is 0 Å². The van der Waals surface area contributed by atoms with Gasteiger partial charge in [0.25, 0.3) is 5.91 Å². The van der Waals surface area contributed by atoms with Crippen LogP contribution in [0.1, 0.15) is 11.1 Å². The summed E-state index contributed by atoms with van der Waals surface area (Å²) in [7, 11) is 1.68. The molecule has 1 heterocycles. The van der Waals surface area contributed by atoms with Crippen molar-refractivity contribution in [2.24, 2.45) is 0 Å². The van der Waals surface area contributed by atoms with Crippen molar-refractivity contribution in [2.75, 3.05) is 20.3 Å². The molecule has 0 spiro atoms. The third kappa shape index (κ3) is 5.03. The number of amides is 1. The van der Waals surface area contributed by atoms with Crippen LogP contribution in [0, 0.1) is 6.92 Å². The molecule has 2 aromatic rings. The van der Waals surface area contributed by atoms with Gasteiger partial charge in [0.2, 0.25) is 0 Å². The molecule has 1 aliphatic rings. The molecule has 7 heteroatoms. The van der Waals surface area contributed by atoms with Gasteiger partial charge < -0.3 is 9.47 Å². The minimum absolute atomic E-state index is 0.0695. The standard InChI is InChI=1S/C20H18ClNO3S2/c1-13-11-16(7-8-17(13)21)25-10-9-24-15-5-3-14(4-6-15)12-18-19(23)22(2)20(26)27-18/h3-8,11-12H,9-10H2,1-2H3/b18-12-. The van der Waals surface area contributed by atoms with Gasteiger partial charge in [-0.05, 0) is 54.5 Å². The van der Waals surface area contributed by atoms with Gasteiger partial charge in [0, 0.05) is 12.1 Å². The summed E-state index contributed by atoms with van der Waals surface area (Å²) in [6, 6.07) is 13.1. The summed E-state index contributed by atoms with van der Waals surface area (Å²) in [6.45, 7) is 2.79. The van der Waals surface area contributed by atoms with Crippen LogP contribution in [0.4, 0.5) is 0 Å². The summed E-state index contributed by atoms with van der Waals surface area (Å²) < 4.78 is 11.9. The molecule has 0 aromatic heterocycles. The summed E-state index contributed by atoms with van der Waals surface area (Å²) >= 11 is 12.4. The molecule has 1 fully saturated rings. The summed E-state index contributed by atoms with van der Waals surface area (Å²) in [4.78, 5) is 14.1. The lowest BCUT2D eigenvalue weighted by Crippen LogP contribution is -2.22. The van der Waals surface area contributed by atoms with Crippen LogP contribution in [0.5, 0.6) is 11.5 Å². The number of carbonyl (C=O) groups excluding carboxylic acids is 1. The maximum Gasteiger partial charge on any atom is 0.265 e. The third-order valence-corrected chi connectivity index (χ3v) is 5.82. The van der Waals surface area contributed by atoms with Crippen molar-refractivity contribution in [3.8, 4) is 11.5 Å². The van der Waals surface area contributed by atoms with Crippen molar-refractivity contribution in [3.05, 3.63) is 63.5 Å². The average Bonchev–Trinajstić information content (AvgIpc) is 2.90. The van der Waals surface area contributed by atoms with E-state index in [1.165, 1.54) is 16.7 Å². The molecule has 0 bridgehead atoms. The molecule has 1 aliphatic heterocycles. The molecule has 140 valence electrons. The van der Waals surface area contributed by atoms with Gasteiger partial charge in [-0.1, -0.05) is 47.7 Å². The topological polar surface area (TPSA) is 38.8 Å². The first-order valence-electron chi connectivity index (χ1n) is 8.27. The number of benzene rings is 2. The zero-order valence-corrected chi connectivity index (χ0v) is 17.3. The van der Waals surface area contributed by atoms with E-state index in [0.29, 0.717) is 22.4 Å². The van der Waals surface area contributed by atoms with Crippen LogP contribution in [-0.2, 0) is 4.79 Å². The van der Waals surface area contributed by atoms with E-state index >= 15 is 0 Å². The number of likely N-dealkylation sites (N-methyl/N-ethyl adjacent to an activating group) is 1. The smallest absolute Gasteiger partial charge is 0.265 e. The first kappa shape index (κ1) is 19.7. The lowest BCUT2D eigenvalue weighted by molar-refractivity contribution is -0.121. The van der Waals surface area contributed by atoms with Crippen molar-refractivity contribution >= 4 is 51.9 Å². The lowest BCUT2D eigenvalue weighted by atomic mass is 10.2. The number of aryl methyl sites for hydroxylation is 1. The molecule has 0 saturated carbocycles. The molecule has 4 nitrogen and oxygen atoms in total. The first-order chi connectivity index (χ1) is 12.9. The number of halogens is 1. The second-order valence-corrected chi connectivity index (χ2v) is 8.00. The molecule has 0 aliphatic carbocycles. The second-order valence-electron chi connectivity index (χ2n) is 5.92. The Morgan fingerprint density at radius 3 is 2.33 bits per heavy atom. The normalized spacial score (nSPS) is 15.5. The Kier molecular flexibility index (Phi) is 6.42. The highest BCUT2D eigenvalue weighted by Gasteiger charge is 2.28. The van der Waals surface area contributed by atoms with Crippen molar-refractivity contribution in [2.45, 2.75) is 6.92 Å². The fourth-order valence-electron chi connectivity index (χ4n) is 2.38. The van der Waals surface area contributed by atoms with Crippen molar-refractivity contribution in [1.82, 2.24) is 4.90 Å². The van der Waals surface area contributed by atoms with E-state index in [0.717, 1.165) is 27.6 Å². The highest BCUT2D eigenvalue weighted by Crippen LogP contribution is 2.31. The number of hydrogen-bond donors (Lipinski definition) is 0. The van der Waals surface area contributed by atoms with Crippen LogP contribution in [0.2, 0.25) is 5.02 Å². The van der Waals surface area contributed by atoms with Gasteiger partial charge in [0.05, 0.1) is 4.91 Å². The van der Waals surface area contributed by atoms with Gasteiger partial charge in [0.15, 0.2) is 0 Å². The molecule has 3 rings (SSSR count). The molecule has 0 radical (unpaired) electrons. The van der Waals surface area contributed by atoms with E-state index in [1.807, 2.05) is 55.5 Å². The fraction of sp³-hybridized carbons (Fsp3) is 0.200. The Morgan fingerprint density at radius 2 is 1.74 bits per heavy atom. The van der Waals surface area contributed by atoms with Gasteiger partial charge in [-0.3, -0.25) is 9.69 Å². The maximum atomic E-state index is 12.0. The molecule has 2 aromatic carbocycles. The van der Waals surface area contributed by atoms with E-state index < -0.39 is 0 Å². The van der Waals surface area contributed by atoms with E-state index in [4.69, 9.17) is 33.3 Å². The van der Waals surface area contributed by atoms with Crippen LogP contribution in [0.3, 0.4) is 0 Å². The van der Waals surface area contributed by atoms with Crippen molar-refractivity contribution < 1.29 is 14.3 Å². The van der Waals surface area contributed by atoms with E-state index in [1.54, 1.807) is 7.05 Å². The fourth-order valence-corrected chi connectivity index (χ4v) is 3.68. The average molecular weight is 420 g/mol. The molecular formula is C20H18ClNO3S2. The summed E-state index contributed by atoms with van der Waals surface area (Å²) in [5, 5.41) is 0.722. The predicted molar refractivity (Wildman–Crippen MR) is 115 cm³/mol. The summed E-state index contributed by atoms with van der Waals surface area (Å²) in [5.41, 5.74) is 1.90. The second kappa shape index (κ2) is 8.78. The first-order valence-corrected chi connectivity index (χ1v) is 9.87. The zero-order chi connectivity index (χ0) is 19.4. The Bertz CT molecular complexity index is 897. The number of carbonyl (C=O) groups is 1. The zero-order valence-electron chi connectivity index (χ0n) is 14.9. The Morgan fingerprint density at radius 1 is 1.11 bits per heavy atom. The molecule has 1 saturated heterocycles. The summed E-state index contributed by atoms with van der Waals surface area (Å²) in [6.07, 6.45) is 1.83. The molecule has 0 N–H and O–H groups in total. The number of thioether (sulfide) groups is 1. The third-order valence-electron chi connectivity index (χ3n) is 3.91. The highest BCUT2D eigenvalue weighted by molar-refractivity contribution is 8.26. The van der Waals surface area contributed by atoms with E-state index in [2.05, 4.69) is 0 Å². The number of hydrogen-bond acceptors (Lipinski definition) is 5. The Balaban J connectivity index is 1.50. The quantitative estimate of drug-likeness (QED) is 0.377. The predicted octanol–water partition coefficient (Wildman–Crippen LogP) is 4.94. The van der Waals surface area contributed by atoms with Crippen LogP contribution in [0.25, 0.3) is 6.08 Å². The largest absolute Gasteiger partial charge is 0.490 e. The van der Waals surface area contributed by atoms with Crippen LogP contribution < -0.4 is 9.47 Å². The van der Waals surface area contributed by atoms with Gasteiger partial charge >= 0.3 is 0 Å². The minimum Gasteiger partial charge on any atom is -0.490 e. The van der Waals surface area contributed by atoms with Crippen LogP contribution in [0.15, 0.2) is 47.4 Å². The Hall–Kier alpha value is -2.02. The lowest BCUT2D eigenvalue weighted by Gasteiger charge is -2.09. The number of nitrogens with zero attached hydrogens (tertiary/aromatic N) is 1. The molecule has 1 amide bonds. The molecule has 27 heavy (non-hydrogen) atoms. The molecule has 0 unspecified atom stereocenters.